The van der Waals surface area contributed by atoms with Gasteiger partial charge in [0.25, 0.3) is 0 Å². The number of alkyl halides is 3. The molecule has 1 heterocycles. The van der Waals surface area contributed by atoms with Crippen molar-refractivity contribution in [1.82, 2.24) is 10.1 Å². The molecule has 0 aliphatic heterocycles. The van der Waals surface area contributed by atoms with Crippen molar-refractivity contribution in [1.29, 1.82) is 0 Å². The first-order chi connectivity index (χ1) is 9.87. The molecule has 1 fully saturated rings. The number of carbonyl (C=O) groups excluding carboxylic acids is 1. The topological polar surface area (TPSA) is 74.5 Å². The molecule has 0 atom stereocenters. The second-order valence-electron chi connectivity index (χ2n) is 4.78. The fourth-order valence-electron chi connectivity index (χ4n) is 2.07. The quantitative estimate of drug-likeness (QED) is 0.750. The molecule has 1 aromatic rings. The number of carbonyl (C=O) groups is 1. The number of rotatable bonds is 6. The van der Waals surface area contributed by atoms with Gasteiger partial charge in [0.1, 0.15) is 18.6 Å². The SMILES string of the molecule is CCOC(=O)C1(c2nc(COCC(F)(F)F)no2)CCC1. The third kappa shape index (κ3) is 3.52. The predicted octanol–water partition coefficient (Wildman–Crippen LogP) is 2.13. The first-order valence-electron chi connectivity index (χ1n) is 6.52. The van der Waals surface area contributed by atoms with E-state index in [-0.39, 0.29) is 18.3 Å². The highest BCUT2D eigenvalue weighted by molar-refractivity contribution is 5.82. The lowest BCUT2D eigenvalue weighted by atomic mass is 9.68. The van der Waals surface area contributed by atoms with Crippen LogP contribution in [0.15, 0.2) is 4.52 Å². The van der Waals surface area contributed by atoms with Crippen LogP contribution in [0.3, 0.4) is 0 Å². The lowest BCUT2D eigenvalue weighted by molar-refractivity contribution is -0.177. The van der Waals surface area contributed by atoms with Crippen LogP contribution in [0.25, 0.3) is 0 Å². The van der Waals surface area contributed by atoms with Gasteiger partial charge in [-0.15, -0.1) is 0 Å². The molecule has 1 saturated carbocycles. The van der Waals surface area contributed by atoms with E-state index in [2.05, 4.69) is 14.9 Å². The van der Waals surface area contributed by atoms with Gasteiger partial charge in [-0.3, -0.25) is 4.79 Å². The molecule has 21 heavy (non-hydrogen) atoms. The molecule has 0 aromatic carbocycles. The number of halogens is 3. The van der Waals surface area contributed by atoms with Gasteiger partial charge < -0.3 is 14.0 Å². The largest absolute Gasteiger partial charge is 0.465 e. The summed E-state index contributed by atoms with van der Waals surface area (Å²) in [5.74, 6) is -0.384. The second kappa shape index (κ2) is 6.00. The van der Waals surface area contributed by atoms with Crippen LogP contribution in [0.5, 0.6) is 0 Å². The van der Waals surface area contributed by atoms with Crippen LogP contribution < -0.4 is 0 Å². The smallest absolute Gasteiger partial charge is 0.411 e. The third-order valence-electron chi connectivity index (χ3n) is 3.25. The number of aromatic nitrogens is 2. The lowest BCUT2D eigenvalue weighted by Gasteiger charge is -2.35. The molecular formula is C12H15F3N2O4. The standard InChI is InChI=1S/C12H15F3N2O4/c1-2-20-10(18)11(4-3-5-11)9-16-8(17-21-9)6-19-7-12(13,14)15/h2-7H2,1H3. The van der Waals surface area contributed by atoms with Crippen molar-refractivity contribution in [3.8, 4) is 0 Å². The number of hydrogen-bond acceptors (Lipinski definition) is 6. The Kier molecular flexibility index (Phi) is 4.50. The van der Waals surface area contributed by atoms with Gasteiger partial charge in [-0.1, -0.05) is 11.6 Å². The van der Waals surface area contributed by atoms with Crippen LogP contribution in [0.1, 0.15) is 37.9 Å². The van der Waals surface area contributed by atoms with E-state index >= 15 is 0 Å². The summed E-state index contributed by atoms with van der Waals surface area (Å²) in [5, 5.41) is 3.54. The molecule has 1 aromatic heterocycles. The highest BCUT2D eigenvalue weighted by Crippen LogP contribution is 2.44. The summed E-state index contributed by atoms with van der Waals surface area (Å²) in [5.41, 5.74) is -0.953. The third-order valence-corrected chi connectivity index (χ3v) is 3.25. The Morgan fingerprint density at radius 3 is 2.67 bits per heavy atom. The van der Waals surface area contributed by atoms with Crippen molar-refractivity contribution in [2.45, 2.75) is 44.4 Å². The number of ether oxygens (including phenoxy) is 2. The molecule has 0 bridgehead atoms. The van der Waals surface area contributed by atoms with Gasteiger partial charge in [-0.05, 0) is 19.8 Å². The van der Waals surface area contributed by atoms with E-state index in [9.17, 15) is 18.0 Å². The monoisotopic (exact) mass is 308 g/mol. The van der Waals surface area contributed by atoms with Crippen molar-refractivity contribution in [3.63, 3.8) is 0 Å². The fourth-order valence-corrected chi connectivity index (χ4v) is 2.07. The van der Waals surface area contributed by atoms with Crippen molar-refractivity contribution in [2.24, 2.45) is 0 Å². The zero-order chi connectivity index (χ0) is 15.5. The zero-order valence-corrected chi connectivity index (χ0v) is 11.4. The summed E-state index contributed by atoms with van der Waals surface area (Å²) >= 11 is 0. The van der Waals surface area contributed by atoms with Gasteiger partial charge >= 0.3 is 12.1 Å². The Bertz CT molecular complexity index is 497. The van der Waals surface area contributed by atoms with Crippen LogP contribution in [0.4, 0.5) is 13.2 Å². The molecule has 0 spiro atoms. The van der Waals surface area contributed by atoms with E-state index in [4.69, 9.17) is 9.26 Å². The van der Waals surface area contributed by atoms with Gasteiger partial charge in [0, 0.05) is 0 Å². The lowest BCUT2D eigenvalue weighted by Crippen LogP contribution is -2.44. The number of esters is 1. The van der Waals surface area contributed by atoms with Crippen molar-refractivity contribution < 1.29 is 32.0 Å². The first-order valence-corrected chi connectivity index (χ1v) is 6.52. The van der Waals surface area contributed by atoms with Crippen LogP contribution in [0.2, 0.25) is 0 Å². The van der Waals surface area contributed by atoms with Crippen LogP contribution >= 0.6 is 0 Å². The molecule has 0 saturated heterocycles. The van der Waals surface area contributed by atoms with Gasteiger partial charge in [-0.2, -0.15) is 18.2 Å². The molecule has 0 amide bonds. The van der Waals surface area contributed by atoms with Gasteiger partial charge in [-0.25, -0.2) is 0 Å². The molecule has 0 radical (unpaired) electrons. The molecular weight excluding hydrogens is 293 g/mol. The van der Waals surface area contributed by atoms with Crippen molar-refractivity contribution in [3.05, 3.63) is 11.7 Å². The van der Waals surface area contributed by atoms with Crippen LogP contribution in [-0.4, -0.2) is 35.5 Å². The molecule has 6 nitrogen and oxygen atoms in total. The highest BCUT2D eigenvalue weighted by atomic mass is 19.4. The minimum atomic E-state index is -4.41. The zero-order valence-electron chi connectivity index (χ0n) is 11.4. The Labute approximate surface area is 118 Å². The average molecular weight is 308 g/mol. The second-order valence-corrected chi connectivity index (χ2v) is 4.78. The van der Waals surface area contributed by atoms with E-state index in [0.29, 0.717) is 12.8 Å². The van der Waals surface area contributed by atoms with Gasteiger partial charge in [0.05, 0.1) is 6.61 Å². The summed E-state index contributed by atoms with van der Waals surface area (Å²) in [6.45, 7) is 0.104. The maximum absolute atomic E-state index is 12.0. The summed E-state index contributed by atoms with van der Waals surface area (Å²) < 4.78 is 50.3. The minimum Gasteiger partial charge on any atom is -0.465 e. The van der Waals surface area contributed by atoms with Crippen LogP contribution in [0, 0.1) is 0 Å². The maximum atomic E-state index is 12.0. The van der Waals surface area contributed by atoms with Crippen molar-refractivity contribution >= 4 is 5.97 Å². The Morgan fingerprint density at radius 2 is 2.14 bits per heavy atom. The molecule has 118 valence electrons. The van der Waals surface area contributed by atoms with Crippen LogP contribution in [-0.2, 0) is 26.3 Å². The van der Waals surface area contributed by atoms with E-state index in [0.717, 1.165) is 6.42 Å². The minimum absolute atomic E-state index is 0.0233. The normalized spacial score (nSPS) is 17.3. The first kappa shape index (κ1) is 15.7. The summed E-state index contributed by atoms with van der Waals surface area (Å²) in [6, 6.07) is 0. The Morgan fingerprint density at radius 1 is 1.43 bits per heavy atom. The summed E-state index contributed by atoms with van der Waals surface area (Å²) in [7, 11) is 0. The molecule has 0 unspecified atom stereocenters. The predicted molar refractivity (Wildman–Crippen MR) is 62.2 cm³/mol. The molecule has 9 heteroatoms. The number of hydrogen-bond donors (Lipinski definition) is 0. The number of nitrogens with zero attached hydrogens (tertiary/aromatic N) is 2. The fraction of sp³-hybridized carbons (Fsp3) is 0.750. The average Bonchev–Trinajstić information content (AvgIpc) is 2.75. The summed E-state index contributed by atoms with van der Waals surface area (Å²) in [4.78, 5) is 15.9. The molecule has 1 aliphatic rings. The molecule has 0 N–H and O–H groups in total. The van der Waals surface area contributed by atoms with E-state index in [1.165, 1.54) is 0 Å². The van der Waals surface area contributed by atoms with Gasteiger partial charge in [0.15, 0.2) is 5.82 Å². The van der Waals surface area contributed by atoms with E-state index < -0.39 is 30.8 Å². The summed E-state index contributed by atoms with van der Waals surface area (Å²) in [6.07, 6.45) is -2.54. The van der Waals surface area contributed by atoms with E-state index in [1.54, 1.807) is 6.92 Å². The highest BCUT2D eigenvalue weighted by Gasteiger charge is 2.51. The molecule has 2 rings (SSSR count). The Hall–Kier alpha value is -1.64. The van der Waals surface area contributed by atoms with E-state index in [1.807, 2.05) is 0 Å². The maximum Gasteiger partial charge on any atom is 0.411 e. The molecule has 1 aliphatic carbocycles. The Balaban J connectivity index is 2.00. The van der Waals surface area contributed by atoms with Gasteiger partial charge in [0.2, 0.25) is 5.89 Å². The van der Waals surface area contributed by atoms with Crippen molar-refractivity contribution in [2.75, 3.05) is 13.2 Å².